The second-order valence-corrected chi connectivity index (χ2v) is 13.1. The summed E-state index contributed by atoms with van der Waals surface area (Å²) >= 11 is 0. The molecule has 0 N–H and O–H groups in total. The van der Waals surface area contributed by atoms with Crippen molar-refractivity contribution in [2.75, 3.05) is 0 Å². The van der Waals surface area contributed by atoms with Crippen LogP contribution in [-0.4, -0.2) is 0 Å². The van der Waals surface area contributed by atoms with Gasteiger partial charge in [0.15, 0.2) is 0 Å². The van der Waals surface area contributed by atoms with E-state index >= 15 is 0 Å². The largest absolute Gasteiger partial charge is 0.0710 e. The smallest absolute Gasteiger partial charge is 0.0101 e. The molecule has 4 aliphatic carbocycles. The van der Waals surface area contributed by atoms with Gasteiger partial charge in [-0.2, -0.15) is 0 Å². The van der Waals surface area contributed by atoms with Crippen LogP contribution in [0.15, 0.2) is 33.4 Å². The third-order valence-corrected chi connectivity index (χ3v) is 12.7. The van der Waals surface area contributed by atoms with E-state index in [2.05, 4.69) is 83.1 Å². The van der Waals surface area contributed by atoms with Crippen LogP contribution in [0.25, 0.3) is 0 Å². The molecule has 0 spiro atoms. The van der Waals surface area contributed by atoms with Gasteiger partial charge in [0, 0.05) is 0 Å². The van der Waals surface area contributed by atoms with Crippen LogP contribution in [0.2, 0.25) is 0 Å². The van der Waals surface area contributed by atoms with E-state index in [0.29, 0.717) is 0 Å². The van der Waals surface area contributed by atoms with Gasteiger partial charge in [-0.05, 0) is 137 Å². The van der Waals surface area contributed by atoms with Gasteiger partial charge in [0.1, 0.15) is 0 Å². The molecule has 0 bridgehead atoms. The Morgan fingerprint density at radius 3 is 1.50 bits per heavy atom. The average molecular weight is 437 g/mol. The monoisotopic (exact) mass is 436 g/mol. The van der Waals surface area contributed by atoms with E-state index in [4.69, 9.17) is 0 Å². The molecule has 4 aliphatic rings. The van der Waals surface area contributed by atoms with Crippen molar-refractivity contribution >= 4 is 0 Å². The van der Waals surface area contributed by atoms with Crippen molar-refractivity contribution in [3.8, 4) is 0 Å². The highest BCUT2D eigenvalue weighted by molar-refractivity contribution is 5.43. The summed E-state index contributed by atoms with van der Waals surface area (Å²) in [5, 5.41) is 0. The number of allylic oxidation sites excluding steroid dienone is 6. The molecule has 0 amide bonds. The standard InChI is InChI=1S/C32H52/c1-15-17(3)23(9)31-27(19(5)25(11)29(31)21(15)7)13-14-28-20(6)26(12)30-22(8)16(2)18(4)24(10)32(28)30/h17,19-20,23,25-32H,13-14H2,1-12H3. The van der Waals surface area contributed by atoms with E-state index in [1.54, 1.807) is 33.4 Å². The van der Waals surface area contributed by atoms with Crippen LogP contribution in [-0.2, 0) is 0 Å². The van der Waals surface area contributed by atoms with Gasteiger partial charge in [-0.25, -0.2) is 0 Å². The lowest BCUT2D eigenvalue weighted by Gasteiger charge is -2.42. The summed E-state index contributed by atoms with van der Waals surface area (Å²) in [6.07, 6.45) is 2.90. The maximum absolute atomic E-state index is 2.60. The summed E-state index contributed by atoms with van der Waals surface area (Å²) in [6.45, 7) is 30.0. The molecule has 0 aromatic rings. The highest BCUT2D eigenvalue weighted by Crippen LogP contribution is 2.61. The number of hydrogen-bond donors (Lipinski definition) is 0. The van der Waals surface area contributed by atoms with Crippen LogP contribution in [0.4, 0.5) is 0 Å². The summed E-state index contributed by atoms with van der Waals surface area (Å²) in [6, 6.07) is 0. The minimum absolute atomic E-state index is 0.757. The van der Waals surface area contributed by atoms with E-state index in [-0.39, 0.29) is 0 Å². The Balaban J connectivity index is 1.60. The zero-order chi connectivity index (χ0) is 23.8. The molecule has 12 atom stereocenters. The second kappa shape index (κ2) is 8.46. The fourth-order valence-corrected chi connectivity index (χ4v) is 9.70. The number of fused-ring (bicyclic) bond motifs is 2. The van der Waals surface area contributed by atoms with Crippen LogP contribution >= 0.6 is 0 Å². The number of rotatable bonds is 3. The predicted molar refractivity (Wildman–Crippen MR) is 140 cm³/mol. The van der Waals surface area contributed by atoms with Gasteiger partial charge in [0.05, 0.1) is 0 Å². The average Bonchev–Trinajstić information content (AvgIpc) is 3.16. The molecule has 32 heavy (non-hydrogen) atoms. The highest BCUT2D eigenvalue weighted by Gasteiger charge is 2.53. The minimum Gasteiger partial charge on any atom is -0.0710 e. The van der Waals surface area contributed by atoms with Crippen molar-refractivity contribution in [2.24, 2.45) is 71.0 Å². The minimum atomic E-state index is 0.757. The maximum Gasteiger partial charge on any atom is -0.0101 e. The molecule has 0 aromatic carbocycles. The summed E-state index contributed by atoms with van der Waals surface area (Å²) in [5.74, 6) is 10.0. The molecule has 2 fully saturated rings. The first-order chi connectivity index (χ1) is 14.9. The Labute approximate surface area is 200 Å². The first kappa shape index (κ1) is 24.3. The van der Waals surface area contributed by atoms with Gasteiger partial charge in [-0.1, -0.05) is 63.8 Å². The van der Waals surface area contributed by atoms with Gasteiger partial charge in [0.2, 0.25) is 0 Å². The van der Waals surface area contributed by atoms with Crippen LogP contribution in [0.5, 0.6) is 0 Å². The first-order valence-corrected chi connectivity index (χ1v) is 13.9. The zero-order valence-electron chi connectivity index (χ0n) is 23.3. The Kier molecular flexibility index (Phi) is 6.44. The van der Waals surface area contributed by atoms with Crippen molar-refractivity contribution in [3.05, 3.63) is 33.4 Å². The molecule has 0 saturated heterocycles. The Morgan fingerprint density at radius 1 is 0.438 bits per heavy atom. The molecule has 2 saturated carbocycles. The second-order valence-electron chi connectivity index (χ2n) is 13.1. The maximum atomic E-state index is 2.60. The van der Waals surface area contributed by atoms with Crippen molar-refractivity contribution in [2.45, 2.75) is 95.9 Å². The van der Waals surface area contributed by atoms with E-state index < -0.39 is 0 Å². The number of hydrogen-bond acceptors (Lipinski definition) is 0. The van der Waals surface area contributed by atoms with Gasteiger partial charge in [-0.3, -0.25) is 0 Å². The molecule has 12 unspecified atom stereocenters. The Bertz CT molecular complexity index is 849. The lowest BCUT2D eigenvalue weighted by molar-refractivity contribution is 0.144. The summed E-state index contributed by atoms with van der Waals surface area (Å²) in [7, 11) is 0. The van der Waals surface area contributed by atoms with Crippen molar-refractivity contribution in [1.29, 1.82) is 0 Å². The normalized spacial score (nSPS) is 49.1. The van der Waals surface area contributed by atoms with Crippen LogP contribution in [0.3, 0.4) is 0 Å². The predicted octanol–water partition coefficient (Wildman–Crippen LogP) is 9.34. The molecule has 0 heterocycles. The van der Waals surface area contributed by atoms with Crippen molar-refractivity contribution < 1.29 is 0 Å². The van der Waals surface area contributed by atoms with E-state index in [0.717, 1.165) is 71.0 Å². The molecular formula is C32H52. The van der Waals surface area contributed by atoms with Gasteiger partial charge < -0.3 is 0 Å². The topological polar surface area (TPSA) is 0 Å². The van der Waals surface area contributed by atoms with Crippen molar-refractivity contribution in [1.82, 2.24) is 0 Å². The Hall–Kier alpha value is -0.780. The van der Waals surface area contributed by atoms with E-state index in [9.17, 15) is 0 Å². The molecule has 0 aliphatic heterocycles. The molecule has 0 radical (unpaired) electrons. The van der Waals surface area contributed by atoms with Crippen LogP contribution in [0, 0.1) is 71.0 Å². The summed E-state index contributed by atoms with van der Waals surface area (Å²) < 4.78 is 0. The quantitative estimate of drug-likeness (QED) is 0.386. The van der Waals surface area contributed by atoms with Crippen molar-refractivity contribution in [3.63, 3.8) is 0 Å². The SMILES string of the molecule is CC1=C(C)C2C(C)C(C)C(CCC3C(C)C(C)C4C(C)=C(C)C(C)C(C)C34)C2C(C)=C1C. The van der Waals surface area contributed by atoms with Crippen LogP contribution < -0.4 is 0 Å². The lowest BCUT2D eigenvalue weighted by atomic mass is 9.63. The molecular weight excluding hydrogens is 384 g/mol. The molecule has 4 rings (SSSR count). The molecule has 0 heteroatoms. The lowest BCUT2D eigenvalue weighted by Crippen LogP contribution is -2.35. The highest BCUT2D eigenvalue weighted by atomic mass is 14.6. The van der Waals surface area contributed by atoms with Crippen LogP contribution in [0.1, 0.15) is 95.9 Å². The van der Waals surface area contributed by atoms with E-state index in [1.807, 2.05) is 0 Å². The summed E-state index contributed by atoms with van der Waals surface area (Å²) in [4.78, 5) is 0. The third-order valence-electron chi connectivity index (χ3n) is 12.7. The van der Waals surface area contributed by atoms with Gasteiger partial charge in [0.25, 0.3) is 0 Å². The molecule has 0 nitrogen and oxygen atoms in total. The fourth-order valence-electron chi connectivity index (χ4n) is 9.70. The molecule has 180 valence electrons. The zero-order valence-corrected chi connectivity index (χ0v) is 23.3. The third kappa shape index (κ3) is 3.28. The van der Waals surface area contributed by atoms with Gasteiger partial charge in [-0.15, -0.1) is 0 Å². The first-order valence-electron chi connectivity index (χ1n) is 13.9. The van der Waals surface area contributed by atoms with Gasteiger partial charge >= 0.3 is 0 Å². The Morgan fingerprint density at radius 2 is 0.906 bits per heavy atom. The fraction of sp³-hybridized carbons (Fsp3) is 0.812. The molecule has 0 aromatic heterocycles. The summed E-state index contributed by atoms with van der Waals surface area (Å²) in [5.41, 5.74) is 10.1. The van der Waals surface area contributed by atoms with E-state index in [1.165, 1.54) is 12.8 Å².